The average Bonchev–Trinajstić information content (AvgIpc) is 2.94. The van der Waals surface area contributed by atoms with Crippen LogP contribution in [0.1, 0.15) is 16.8 Å². The lowest BCUT2D eigenvalue weighted by Crippen LogP contribution is -2.30. The molecule has 0 radical (unpaired) electrons. The Hall–Kier alpha value is -1.46. The number of amides is 1. The van der Waals surface area contributed by atoms with Gasteiger partial charge in [0.15, 0.2) is 11.5 Å². The normalized spacial score (nSPS) is 17.3. The summed E-state index contributed by atoms with van der Waals surface area (Å²) >= 11 is 0. The van der Waals surface area contributed by atoms with E-state index in [1.54, 1.807) is 32.4 Å². The van der Waals surface area contributed by atoms with E-state index < -0.39 is 0 Å². The molecule has 1 unspecified atom stereocenters. The first-order chi connectivity index (χ1) is 9.69. The number of benzene rings is 1. The Labute approximate surface area is 132 Å². The van der Waals surface area contributed by atoms with Crippen LogP contribution in [0.25, 0.3) is 0 Å². The first kappa shape index (κ1) is 17.6. The van der Waals surface area contributed by atoms with Gasteiger partial charge in [-0.15, -0.1) is 12.4 Å². The van der Waals surface area contributed by atoms with Gasteiger partial charge < -0.3 is 19.7 Å². The summed E-state index contributed by atoms with van der Waals surface area (Å²) in [4.78, 5) is 14.4. The van der Waals surface area contributed by atoms with E-state index in [-0.39, 0.29) is 18.3 Å². The Morgan fingerprint density at radius 1 is 1.33 bits per heavy atom. The second-order valence-corrected chi connectivity index (χ2v) is 5.03. The summed E-state index contributed by atoms with van der Waals surface area (Å²) in [7, 11) is 5.10. The summed E-state index contributed by atoms with van der Waals surface area (Å²) in [6, 6.07) is 5.30. The van der Waals surface area contributed by atoms with Gasteiger partial charge in [0.05, 0.1) is 14.2 Å². The number of carbonyl (C=O) groups is 1. The van der Waals surface area contributed by atoms with E-state index in [2.05, 4.69) is 5.32 Å². The van der Waals surface area contributed by atoms with Crippen molar-refractivity contribution in [2.45, 2.75) is 6.42 Å². The summed E-state index contributed by atoms with van der Waals surface area (Å²) in [5, 5.41) is 3.17. The van der Waals surface area contributed by atoms with Crippen molar-refractivity contribution in [1.82, 2.24) is 10.2 Å². The number of rotatable bonds is 5. The molecule has 118 valence electrons. The minimum atomic E-state index is 0. The van der Waals surface area contributed by atoms with Crippen molar-refractivity contribution >= 4 is 18.3 Å². The fourth-order valence-electron chi connectivity index (χ4n) is 2.62. The van der Waals surface area contributed by atoms with Gasteiger partial charge in [0.1, 0.15) is 0 Å². The summed E-state index contributed by atoms with van der Waals surface area (Å²) in [5.74, 6) is 1.83. The molecule has 6 heteroatoms. The number of methoxy groups -OCH3 is 2. The number of nitrogens with zero attached hydrogens (tertiary/aromatic N) is 1. The fourth-order valence-corrected chi connectivity index (χ4v) is 2.62. The first-order valence-corrected chi connectivity index (χ1v) is 6.85. The SMILES string of the molecule is CNCC1CCN(C(=O)c2ccc(OC)c(OC)c2)C1.Cl. The molecule has 0 aliphatic carbocycles. The van der Waals surface area contributed by atoms with Gasteiger partial charge in [-0.3, -0.25) is 4.79 Å². The zero-order valence-electron chi connectivity index (χ0n) is 12.7. The number of hydrogen-bond donors (Lipinski definition) is 1. The lowest BCUT2D eigenvalue weighted by molar-refractivity contribution is 0.0787. The van der Waals surface area contributed by atoms with Crippen molar-refractivity contribution in [3.63, 3.8) is 0 Å². The van der Waals surface area contributed by atoms with Gasteiger partial charge in [0.25, 0.3) is 5.91 Å². The Morgan fingerprint density at radius 3 is 2.67 bits per heavy atom. The third-order valence-electron chi connectivity index (χ3n) is 3.70. The zero-order valence-corrected chi connectivity index (χ0v) is 13.5. The molecule has 0 aromatic heterocycles. The molecule has 21 heavy (non-hydrogen) atoms. The van der Waals surface area contributed by atoms with Crippen LogP contribution < -0.4 is 14.8 Å². The molecule has 1 aliphatic heterocycles. The minimum absolute atomic E-state index is 0. The van der Waals surface area contributed by atoms with E-state index in [4.69, 9.17) is 9.47 Å². The molecule has 5 nitrogen and oxygen atoms in total. The average molecular weight is 315 g/mol. The molecule has 1 fully saturated rings. The number of nitrogens with one attached hydrogen (secondary N) is 1. The van der Waals surface area contributed by atoms with Gasteiger partial charge in [-0.2, -0.15) is 0 Å². The van der Waals surface area contributed by atoms with E-state index in [1.807, 2.05) is 11.9 Å². The van der Waals surface area contributed by atoms with Crippen molar-refractivity contribution in [2.75, 3.05) is 40.9 Å². The highest BCUT2D eigenvalue weighted by molar-refractivity contribution is 5.95. The van der Waals surface area contributed by atoms with Gasteiger partial charge >= 0.3 is 0 Å². The first-order valence-electron chi connectivity index (χ1n) is 6.85. The fraction of sp³-hybridized carbons (Fsp3) is 0.533. The topological polar surface area (TPSA) is 50.8 Å². The molecule has 1 aliphatic rings. The lowest BCUT2D eigenvalue weighted by atomic mass is 10.1. The monoisotopic (exact) mass is 314 g/mol. The van der Waals surface area contributed by atoms with Crippen molar-refractivity contribution in [2.24, 2.45) is 5.92 Å². The van der Waals surface area contributed by atoms with Crippen LogP contribution in [0.5, 0.6) is 11.5 Å². The van der Waals surface area contributed by atoms with Gasteiger partial charge in [-0.25, -0.2) is 0 Å². The molecule has 1 aromatic carbocycles. The molecule has 1 saturated heterocycles. The van der Waals surface area contributed by atoms with Crippen LogP contribution in [-0.4, -0.2) is 51.7 Å². The van der Waals surface area contributed by atoms with Gasteiger partial charge in [-0.05, 0) is 44.1 Å². The third-order valence-corrected chi connectivity index (χ3v) is 3.70. The second kappa shape index (κ2) is 8.10. The van der Waals surface area contributed by atoms with Crippen molar-refractivity contribution in [3.8, 4) is 11.5 Å². The quantitative estimate of drug-likeness (QED) is 0.900. The number of hydrogen-bond acceptors (Lipinski definition) is 4. The molecule has 2 rings (SSSR count). The maximum absolute atomic E-state index is 12.5. The molecule has 1 amide bonds. The van der Waals surface area contributed by atoms with Crippen LogP contribution >= 0.6 is 12.4 Å². The van der Waals surface area contributed by atoms with Gasteiger partial charge in [0.2, 0.25) is 0 Å². The zero-order chi connectivity index (χ0) is 14.5. The molecule has 0 saturated carbocycles. The maximum atomic E-state index is 12.5. The summed E-state index contributed by atoms with van der Waals surface area (Å²) in [5.41, 5.74) is 0.646. The molecule has 1 N–H and O–H groups in total. The van der Waals surface area contributed by atoms with Gasteiger partial charge in [-0.1, -0.05) is 0 Å². The minimum Gasteiger partial charge on any atom is -0.493 e. The van der Waals surface area contributed by atoms with Crippen LogP contribution in [0.15, 0.2) is 18.2 Å². The van der Waals surface area contributed by atoms with E-state index in [0.717, 1.165) is 26.1 Å². The molecule has 1 aromatic rings. The van der Waals surface area contributed by atoms with E-state index >= 15 is 0 Å². The molecule has 0 bridgehead atoms. The van der Waals surface area contributed by atoms with Crippen molar-refractivity contribution in [3.05, 3.63) is 23.8 Å². The molecule has 1 atom stereocenters. The summed E-state index contributed by atoms with van der Waals surface area (Å²) in [6.07, 6.45) is 1.06. The van der Waals surface area contributed by atoms with Gasteiger partial charge in [0, 0.05) is 18.7 Å². The Morgan fingerprint density at radius 2 is 2.05 bits per heavy atom. The number of carbonyl (C=O) groups excluding carboxylic acids is 1. The van der Waals surface area contributed by atoms with E-state index in [0.29, 0.717) is 23.0 Å². The predicted molar refractivity (Wildman–Crippen MR) is 84.7 cm³/mol. The van der Waals surface area contributed by atoms with Crippen molar-refractivity contribution in [1.29, 1.82) is 0 Å². The number of ether oxygens (including phenoxy) is 2. The van der Waals surface area contributed by atoms with Crippen LogP contribution in [0.2, 0.25) is 0 Å². The van der Waals surface area contributed by atoms with Crippen LogP contribution in [0, 0.1) is 5.92 Å². The van der Waals surface area contributed by atoms with Crippen LogP contribution in [0.3, 0.4) is 0 Å². The summed E-state index contributed by atoms with van der Waals surface area (Å²) < 4.78 is 10.4. The maximum Gasteiger partial charge on any atom is 0.254 e. The smallest absolute Gasteiger partial charge is 0.254 e. The van der Waals surface area contributed by atoms with E-state index in [1.165, 1.54) is 0 Å². The second-order valence-electron chi connectivity index (χ2n) is 5.03. The number of halogens is 1. The Bertz CT molecular complexity index is 482. The highest BCUT2D eigenvalue weighted by Gasteiger charge is 2.26. The lowest BCUT2D eigenvalue weighted by Gasteiger charge is -2.17. The highest BCUT2D eigenvalue weighted by Crippen LogP contribution is 2.28. The van der Waals surface area contributed by atoms with Crippen molar-refractivity contribution < 1.29 is 14.3 Å². The highest BCUT2D eigenvalue weighted by atomic mass is 35.5. The Kier molecular flexibility index (Phi) is 6.78. The molecule has 0 spiro atoms. The molecule has 1 heterocycles. The summed E-state index contributed by atoms with van der Waals surface area (Å²) in [6.45, 7) is 2.59. The molecular weight excluding hydrogens is 292 g/mol. The molecular formula is C15H23ClN2O3. The largest absolute Gasteiger partial charge is 0.493 e. The van der Waals surface area contributed by atoms with E-state index in [9.17, 15) is 4.79 Å². The number of likely N-dealkylation sites (tertiary alicyclic amines) is 1. The standard InChI is InChI=1S/C15H22N2O3.ClH/c1-16-9-11-6-7-17(10-11)15(18)12-4-5-13(19-2)14(8-12)20-3;/h4-5,8,11,16H,6-7,9-10H2,1-3H3;1H. The third kappa shape index (κ3) is 4.02. The van der Waals surface area contributed by atoms with Crippen LogP contribution in [-0.2, 0) is 0 Å². The Balaban J connectivity index is 0.00000220. The predicted octanol–water partition coefficient (Wildman–Crippen LogP) is 1.81. The van der Waals surface area contributed by atoms with Crippen LogP contribution in [0.4, 0.5) is 0 Å².